The third-order valence-electron chi connectivity index (χ3n) is 6.03. The number of rotatable bonds is 6. The summed E-state index contributed by atoms with van der Waals surface area (Å²) in [7, 11) is 0. The molecule has 1 N–H and O–H groups in total. The monoisotopic (exact) mass is 438 g/mol. The van der Waals surface area contributed by atoms with Gasteiger partial charge in [-0.1, -0.05) is 30.7 Å². The lowest BCUT2D eigenvalue weighted by Crippen LogP contribution is -2.35. The van der Waals surface area contributed by atoms with Crippen LogP contribution >= 0.6 is 11.6 Å². The summed E-state index contributed by atoms with van der Waals surface area (Å²) in [5, 5.41) is 3.57. The molecule has 0 bridgehead atoms. The fraction of sp³-hybridized carbons (Fsp3) is 0.375. The molecule has 31 heavy (non-hydrogen) atoms. The zero-order valence-corrected chi connectivity index (χ0v) is 18.7. The maximum absolute atomic E-state index is 12.9. The minimum atomic E-state index is -0.165. The first-order valence-corrected chi connectivity index (χ1v) is 11.1. The highest BCUT2D eigenvalue weighted by atomic mass is 35.5. The Labute approximate surface area is 187 Å². The number of hydrogen-bond donors (Lipinski definition) is 1. The Balaban J connectivity index is 1.41. The van der Waals surface area contributed by atoms with Gasteiger partial charge in [0.1, 0.15) is 17.1 Å². The van der Waals surface area contributed by atoms with Crippen LogP contribution in [-0.4, -0.2) is 34.2 Å². The van der Waals surface area contributed by atoms with Crippen molar-refractivity contribution in [2.75, 3.05) is 18.0 Å². The molecule has 3 aromatic rings. The van der Waals surface area contributed by atoms with Crippen LogP contribution in [-0.2, 0) is 17.8 Å². The second-order valence-electron chi connectivity index (χ2n) is 8.06. The number of nitrogens with zero attached hydrogens (tertiary/aromatic N) is 3. The molecule has 7 heteroatoms. The number of Topliss-reactive ketones (excluding diaryl/α,β-unsaturated/α-hetero) is 1. The summed E-state index contributed by atoms with van der Waals surface area (Å²) in [6.45, 7) is 5.91. The average Bonchev–Trinajstić information content (AvgIpc) is 3.15. The highest BCUT2D eigenvalue weighted by molar-refractivity contribution is 6.30. The van der Waals surface area contributed by atoms with E-state index in [1.807, 2.05) is 25.1 Å². The summed E-state index contributed by atoms with van der Waals surface area (Å²) in [5.74, 6) is 0.334. The number of aryl methyl sites for hydroxylation is 1. The van der Waals surface area contributed by atoms with Gasteiger partial charge in [0.15, 0.2) is 0 Å². The van der Waals surface area contributed by atoms with Gasteiger partial charge in [-0.3, -0.25) is 14.0 Å². The number of imidazole rings is 1. The average molecular weight is 439 g/mol. The SMILES string of the molecule is CCc1nc2ccc(Cl)cn2c1C(=O)NCc1ccc(N2CCC(C(C)=O)CC2)cc1. The van der Waals surface area contributed by atoms with E-state index in [0.717, 1.165) is 42.9 Å². The first-order chi connectivity index (χ1) is 15.0. The number of amides is 1. The van der Waals surface area contributed by atoms with E-state index in [2.05, 4.69) is 27.3 Å². The number of fused-ring (bicyclic) bond motifs is 1. The predicted octanol–water partition coefficient (Wildman–Crippen LogP) is 4.29. The summed E-state index contributed by atoms with van der Waals surface area (Å²) in [6, 6.07) is 11.8. The molecule has 0 saturated carbocycles. The molecule has 0 spiro atoms. The number of hydrogen-bond acceptors (Lipinski definition) is 4. The van der Waals surface area contributed by atoms with Crippen LogP contribution in [0, 0.1) is 5.92 Å². The van der Waals surface area contributed by atoms with Gasteiger partial charge in [0.25, 0.3) is 5.91 Å². The zero-order chi connectivity index (χ0) is 22.0. The Morgan fingerprint density at radius 1 is 1.13 bits per heavy atom. The molecule has 1 saturated heterocycles. The van der Waals surface area contributed by atoms with Crippen LogP contribution in [0.2, 0.25) is 5.02 Å². The van der Waals surface area contributed by atoms with Crippen LogP contribution in [0.1, 0.15) is 48.4 Å². The van der Waals surface area contributed by atoms with Gasteiger partial charge >= 0.3 is 0 Å². The smallest absolute Gasteiger partial charge is 0.270 e. The lowest BCUT2D eigenvalue weighted by Gasteiger charge is -2.32. The van der Waals surface area contributed by atoms with E-state index in [1.165, 1.54) is 0 Å². The topological polar surface area (TPSA) is 66.7 Å². The molecule has 1 aliphatic rings. The van der Waals surface area contributed by atoms with Crippen molar-refractivity contribution in [3.8, 4) is 0 Å². The second kappa shape index (κ2) is 9.10. The van der Waals surface area contributed by atoms with Crippen LogP contribution in [0.4, 0.5) is 5.69 Å². The molecule has 4 rings (SSSR count). The van der Waals surface area contributed by atoms with E-state index in [9.17, 15) is 9.59 Å². The van der Waals surface area contributed by atoms with E-state index in [1.54, 1.807) is 23.6 Å². The summed E-state index contributed by atoms with van der Waals surface area (Å²) in [4.78, 5) is 31.4. The number of nitrogens with one attached hydrogen (secondary N) is 1. The van der Waals surface area contributed by atoms with Crippen LogP contribution in [0.15, 0.2) is 42.6 Å². The molecule has 1 aromatic carbocycles. The van der Waals surface area contributed by atoms with E-state index in [0.29, 0.717) is 35.1 Å². The molecule has 3 heterocycles. The number of piperidine rings is 1. The summed E-state index contributed by atoms with van der Waals surface area (Å²) in [6.07, 6.45) is 4.21. The minimum absolute atomic E-state index is 0.165. The Hall–Kier alpha value is -2.86. The molecular weight excluding hydrogens is 412 g/mol. The van der Waals surface area contributed by atoms with Crippen molar-refractivity contribution in [3.63, 3.8) is 0 Å². The molecule has 6 nitrogen and oxygen atoms in total. The second-order valence-corrected chi connectivity index (χ2v) is 8.49. The normalized spacial score (nSPS) is 14.7. The van der Waals surface area contributed by atoms with Crippen LogP contribution < -0.4 is 10.2 Å². The Morgan fingerprint density at radius 2 is 1.84 bits per heavy atom. The molecule has 162 valence electrons. The van der Waals surface area contributed by atoms with Gasteiger partial charge in [-0.05, 0) is 56.0 Å². The van der Waals surface area contributed by atoms with Gasteiger partial charge in [0.2, 0.25) is 0 Å². The van der Waals surface area contributed by atoms with Crippen molar-refractivity contribution < 1.29 is 9.59 Å². The van der Waals surface area contributed by atoms with Gasteiger partial charge in [0, 0.05) is 37.4 Å². The molecule has 0 unspecified atom stereocenters. The molecular formula is C24H27ClN4O2. The number of ketones is 1. The third kappa shape index (κ3) is 4.59. The van der Waals surface area contributed by atoms with Gasteiger partial charge in [-0.25, -0.2) is 4.98 Å². The number of pyridine rings is 1. The fourth-order valence-electron chi connectivity index (χ4n) is 4.19. The van der Waals surface area contributed by atoms with Crippen molar-refractivity contribution >= 4 is 34.6 Å². The van der Waals surface area contributed by atoms with E-state index in [-0.39, 0.29) is 11.8 Å². The third-order valence-corrected chi connectivity index (χ3v) is 6.25. The van der Waals surface area contributed by atoms with Crippen LogP contribution in [0.5, 0.6) is 0 Å². The highest BCUT2D eigenvalue weighted by Gasteiger charge is 2.22. The van der Waals surface area contributed by atoms with Crippen molar-refractivity contribution in [2.45, 2.75) is 39.7 Å². The van der Waals surface area contributed by atoms with Gasteiger partial charge < -0.3 is 10.2 Å². The minimum Gasteiger partial charge on any atom is -0.371 e. The Kier molecular flexibility index (Phi) is 6.28. The quantitative estimate of drug-likeness (QED) is 0.623. The maximum Gasteiger partial charge on any atom is 0.270 e. The number of aromatic nitrogens is 2. The lowest BCUT2D eigenvalue weighted by molar-refractivity contribution is -0.121. The van der Waals surface area contributed by atoms with E-state index in [4.69, 9.17) is 11.6 Å². The number of anilines is 1. The molecule has 0 aliphatic carbocycles. The van der Waals surface area contributed by atoms with E-state index < -0.39 is 0 Å². The predicted molar refractivity (Wildman–Crippen MR) is 123 cm³/mol. The number of halogens is 1. The molecule has 1 amide bonds. The molecule has 1 aliphatic heterocycles. The van der Waals surface area contributed by atoms with Crippen LogP contribution in [0.3, 0.4) is 0 Å². The number of carbonyl (C=O) groups is 2. The summed E-state index contributed by atoms with van der Waals surface area (Å²) < 4.78 is 1.75. The van der Waals surface area contributed by atoms with E-state index >= 15 is 0 Å². The first kappa shape index (κ1) is 21.4. The van der Waals surface area contributed by atoms with Crippen molar-refractivity contribution in [1.29, 1.82) is 0 Å². The lowest BCUT2D eigenvalue weighted by atomic mass is 9.93. The Morgan fingerprint density at radius 3 is 2.48 bits per heavy atom. The van der Waals surface area contributed by atoms with Crippen LogP contribution in [0.25, 0.3) is 5.65 Å². The summed E-state index contributed by atoms with van der Waals surface area (Å²) >= 11 is 6.12. The standard InChI is InChI=1S/C24H27ClN4O2/c1-3-21-23(29-15-19(25)6-9-22(29)27-21)24(31)26-14-17-4-7-20(8-5-17)28-12-10-18(11-13-28)16(2)30/h4-9,15,18H,3,10-14H2,1-2H3,(H,26,31). The van der Waals surface area contributed by atoms with Gasteiger partial charge in [0.05, 0.1) is 10.7 Å². The number of carbonyl (C=O) groups excluding carboxylic acids is 2. The maximum atomic E-state index is 12.9. The van der Waals surface area contributed by atoms with Crippen molar-refractivity contribution in [3.05, 3.63) is 64.6 Å². The molecule has 0 atom stereocenters. The molecule has 2 aromatic heterocycles. The Bertz CT molecular complexity index is 1100. The molecule has 0 radical (unpaired) electrons. The van der Waals surface area contributed by atoms with Crippen molar-refractivity contribution in [2.24, 2.45) is 5.92 Å². The fourth-order valence-corrected chi connectivity index (χ4v) is 4.35. The first-order valence-electron chi connectivity index (χ1n) is 10.7. The summed E-state index contributed by atoms with van der Waals surface area (Å²) in [5.41, 5.74) is 4.18. The highest BCUT2D eigenvalue weighted by Crippen LogP contribution is 2.24. The molecule has 1 fully saturated rings. The van der Waals surface area contributed by atoms with Crippen molar-refractivity contribution in [1.82, 2.24) is 14.7 Å². The van der Waals surface area contributed by atoms with Gasteiger partial charge in [-0.2, -0.15) is 0 Å². The largest absolute Gasteiger partial charge is 0.371 e. The van der Waals surface area contributed by atoms with Gasteiger partial charge in [-0.15, -0.1) is 0 Å². The zero-order valence-electron chi connectivity index (χ0n) is 17.9. The number of benzene rings is 1.